The monoisotopic (exact) mass is 300 g/mol. The van der Waals surface area contributed by atoms with Crippen molar-refractivity contribution in [1.29, 1.82) is 0 Å². The first-order valence-corrected chi connectivity index (χ1v) is 8.18. The third-order valence-corrected chi connectivity index (χ3v) is 3.95. The highest BCUT2D eigenvalue weighted by Crippen LogP contribution is 2.13. The third kappa shape index (κ3) is 8.19. The smallest absolute Gasteiger partial charge is 0.182 e. The van der Waals surface area contributed by atoms with E-state index in [-0.39, 0.29) is 0 Å². The Kier molecular flexibility index (Phi) is 8.80. The minimum absolute atomic E-state index is 0.482. The summed E-state index contributed by atoms with van der Waals surface area (Å²) in [6.45, 7) is 2.58. The lowest BCUT2D eigenvalue weighted by Crippen LogP contribution is -1.98. The van der Waals surface area contributed by atoms with Crippen LogP contribution >= 0.6 is 11.6 Å². The van der Waals surface area contributed by atoms with Crippen molar-refractivity contribution >= 4 is 22.7 Å². The summed E-state index contributed by atoms with van der Waals surface area (Å²) < 4.78 is 16.8. The molecule has 0 aliphatic carbocycles. The summed E-state index contributed by atoms with van der Waals surface area (Å²) in [5.41, 5.74) is 1.27. The molecule has 0 aliphatic rings. The lowest BCUT2D eigenvalue weighted by atomic mass is 10.1. The number of hydrogen-bond donors (Lipinski definition) is 0. The second-order valence-corrected chi connectivity index (χ2v) is 5.82. The normalized spacial score (nSPS) is 13.5. The zero-order valence-corrected chi connectivity index (χ0v) is 12.9. The molecule has 0 saturated heterocycles. The van der Waals surface area contributed by atoms with Crippen molar-refractivity contribution in [3.63, 3.8) is 0 Å². The zero-order chi connectivity index (χ0) is 13.9. The van der Waals surface area contributed by atoms with Crippen molar-refractivity contribution < 1.29 is 8.39 Å². The Balaban J connectivity index is 2.17. The molecule has 1 aromatic rings. The molecule has 1 aromatic carbocycles. The highest BCUT2D eigenvalue weighted by molar-refractivity contribution is 7.83. The third-order valence-electron chi connectivity index (χ3n) is 2.65. The molecular formula is C15H21ClO2S. The summed E-state index contributed by atoms with van der Waals surface area (Å²) in [5, 5.41) is 2.13. The summed E-state index contributed by atoms with van der Waals surface area (Å²) in [5.74, 6) is 0. The van der Waals surface area contributed by atoms with Gasteiger partial charge in [0.05, 0.1) is 6.61 Å². The molecule has 0 amide bonds. The fraction of sp³-hybridized carbons (Fsp3) is 0.467. The number of benzene rings is 1. The fourth-order valence-corrected chi connectivity index (χ4v) is 2.63. The van der Waals surface area contributed by atoms with Crippen LogP contribution in [0.4, 0.5) is 0 Å². The van der Waals surface area contributed by atoms with Crippen LogP contribution in [-0.2, 0) is 21.7 Å². The molecule has 4 heteroatoms. The largest absolute Gasteiger partial charge is 0.287 e. The number of aryl methyl sites for hydroxylation is 1. The zero-order valence-electron chi connectivity index (χ0n) is 11.3. The van der Waals surface area contributed by atoms with E-state index < -0.39 is 11.1 Å². The van der Waals surface area contributed by atoms with E-state index in [4.69, 9.17) is 15.8 Å². The highest BCUT2D eigenvalue weighted by Gasteiger charge is 2.00. The fourth-order valence-electron chi connectivity index (χ4n) is 1.61. The van der Waals surface area contributed by atoms with Crippen LogP contribution in [0.5, 0.6) is 0 Å². The van der Waals surface area contributed by atoms with E-state index in [9.17, 15) is 4.21 Å². The topological polar surface area (TPSA) is 26.3 Å². The Morgan fingerprint density at radius 1 is 1.32 bits per heavy atom. The van der Waals surface area contributed by atoms with Gasteiger partial charge >= 0.3 is 0 Å². The SMILES string of the molecule is CCCC/C(Cl)=C\S(=O)OCCCc1ccccc1. The van der Waals surface area contributed by atoms with Gasteiger partial charge in [-0.1, -0.05) is 55.3 Å². The first kappa shape index (κ1) is 16.4. The number of halogens is 1. The Hall–Kier alpha value is -0.640. The van der Waals surface area contributed by atoms with Gasteiger partial charge in [-0.05, 0) is 31.2 Å². The summed E-state index contributed by atoms with van der Waals surface area (Å²) in [6.07, 6.45) is 4.66. The van der Waals surface area contributed by atoms with Gasteiger partial charge in [-0.3, -0.25) is 4.18 Å². The molecule has 0 heterocycles. The second-order valence-electron chi connectivity index (χ2n) is 4.34. The van der Waals surface area contributed by atoms with Gasteiger partial charge < -0.3 is 0 Å². The van der Waals surface area contributed by atoms with Crippen LogP contribution in [0.2, 0.25) is 0 Å². The average Bonchev–Trinajstić information content (AvgIpc) is 2.42. The van der Waals surface area contributed by atoms with Crippen molar-refractivity contribution in [1.82, 2.24) is 0 Å². The molecule has 106 valence electrons. The molecular weight excluding hydrogens is 280 g/mol. The van der Waals surface area contributed by atoms with Crippen LogP contribution in [-0.4, -0.2) is 10.8 Å². The lowest BCUT2D eigenvalue weighted by Gasteiger charge is -2.02. The van der Waals surface area contributed by atoms with Gasteiger partial charge in [-0.15, -0.1) is 0 Å². The summed E-state index contributed by atoms with van der Waals surface area (Å²) in [6, 6.07) is 10.2. The van der Waals surface area contributed by atoms with Crippen molar-refractivity contribution in [2.24, 2.45) is 0 Å². The van der Waals surface area contributed by atoms with E-state index in [2.05, 4.69) is 19.1 Å². The second kappa shape index (κ2) is 10.2. The molecule has 2 nitrogen and oxygen atoms in total. The maximum absolute atomic E-state index is 11.6. The minimum atomic E-state index is -1.41. The number of unbranched alkanes of at least 4 members (excludes halogenated alkanes) is 1. The van der Waals surface area contributed by atoms with E-state index in [1.807, 2.05) is 18.2 Å². The Morgan fingerprint density at radius 2 is 2.05 bits per heavy atom. The molecule has 1 atom stereocenters. The average molecular weight is 301 g/mol. The molecule has 0 aromatic heterocycles. The van der Waals surface area contributed by atoms with E-state index in [0.29, 0.717) is 11.6 Å². The molecule has 0 aliphatic heterocycles. The van der Waals surface area contributed by atoms with Gasteiger partial charge in [0.15, 0.2) is 11.1 Å². The number of allylic oxidation sites excluding steroid dienone is 1. The predicted molar refractivity (Wildman–Crippen MR) is 82.3 cm³/mol. The summed E-state index contributed by atoms with van der Waals surface area (Å²) >= 11 is 4.55. The molecule has 0 bridgehead atoms. The van der Waals surface area contributed by atoms with Crippen molar-refractivity contribution in [3.8, 4) is 0 Å². The lowest BCUT2D eigenvalue weighted by molar-refractivity contribution is 0.344. The van der Waals surface area contributed by atoms with Crippen molar-refractivity contribution in [3.05, 3.63) is 46.3 Å². The summed E-state index contributed by atoms with van der Waals surface area (Å²) in [4.78, 5) is 0. The van der Waals surface area contributed by atoms with Crippen molar-refractivity contribution in [2.75, 3.05) is 6.61 Å². The van der Waals surface area contributed by atoms with Crippen LogP contribution in [0, 0.1) is 0 Å². The van der Waals surface area contributed by atoms with E-state index >= 15 is 0 Å². The van der Waals surface area contributed by atoms with Gasteiger partial charge in [0.25, 0.3) is 0 Å². The van der Waals surface area contributed by atoms with Crippen LogP contribution in [0.3, 0.4) is 0 Å². The Morgan fingerprint density at radius 3 is 2.74 bits per heavy atom. The standard InChI is InChI=1S/C15H21ClO2S/c1-2-3-11-15(16)13-19(17)18-12-7-10-14-8-5-4-6-9-14/h4-6,8-9,13H,2-3,7,10-12H2,1H3/b15-13+. The quantitative estimate of drug-likeness (QED) is 0.624. The van der Waals surface area contributed by atoms with Gasteiger partial charge in [0.2, 0.25) is 0 Å². The molecule has 1 rings (SSSR count). The number of rotatable bonds is 9. The Labute approximate surface area is 123 Å². The molecule has 0 N–H and O–H groups in total. The summed E-state index contributed by atoms with van der Waals surface area (Å²) in [7, 11) is 0. The van der Waals surface area contributed by atoms with Gasteiger partial charge in [-0.2, -0.15) is 0 Å². The molecule has 0 saturated carbocycles. The molecule has 0 spiro atoms. The van der Waals surface area contributed by atoms with Crippen LogP contribution in [0.1, 0.15) is 38.2 Å². The first-order chi connectivity index (χ1) is 9.22. The van der Waals surface area contributed by atoms with Crippen LogP contribution in [0.15, 0.2) is 40.8 Å². The van der Waals surface area contributed by atoms with E-state index in [1.165, 1.54) is 11.0 Å². The molecule has 0 radical (unpaired) electrons. The first-order valence-electron chi connectivity index (χ1n) is 6.66. The van der Waals surface area contributed by atoms with Gasteiger partial charge in [0.1, 0.15) is 0 Å². The van der Waals surface area contributed by atoms with Crippen LogP contribution in [0.25, 0.3) is 0 Å². The van der Waals surface area contributed by atoms with Crippen molar-refractivity contribution in [2.45, 2.75) is 39.0 Å². The Bertz CT molecular complexity index is 404. The van der Waals surface area contributed by atoms with Gasteiger partial charge in [-0.25, -0.2) is 4.21 Å². The maximum atomic E-state index is 11.6. The minimum Gasteiger partial charge on any atom is -0.287 e. The van der Waals surface area contributed by atoms with Crippen LogP contribution < -0.4 is 0 Å². The molecule has 19 heavy (non-hydrogen) atoms. The van der Waals surface area contributed by atoms with Gasteiger partial charge in [0, 0.05) is 10.4 Å². The maximum Gasteiger partial charge on any atom is 0.182 e. The number of hydrogen-bond acceptors (Lipinski definition) is 2. The van der Waals surface area contributed by atoms with E-state index in [1.54, 1.807) is 0 Å². The predicted octanol–water partition coefficient (Wildman–Crippen LogP) is 4.57. The molecule has 1 unspecified atom stereocenters. The highest BCUT2D eigenvalue weighted by atomic mass is 35.5. The molecule has 0 fully saturated rings. The van der Waals surface area contributed by atoms with E-state index in [0.717, 1.165) is 32.1 Å².